The van der Waals surface area contributed by atoms with E-state index in [1.807, 2.05) is 53.4 Å². The van der Waals surface area contributed by atoms with Crippen LogP contribution in [0.4, 0.5) is 0 Å². The second-order valence-electron chi connectivity index (χ2n) is 9.67. The van der Waals surface area contributed by atoms with Crippen molar-refractivity contribution < 1.29 is 19.1 Å². The molecule has 2 aliphatic rings. The molecule has 3 N–H and O–H groups in total. The Labute approximate surface area is 205 Å². The maximum Gasteiger partial charge on any atom is 0.343 e. The van der Waals surface area contributed by atoms with Gasteiger partial charge in [0.15, 0.2) is 11.6 Å². The molecule has 1 atom stereocenters. The fourth-order valence-corrected chi connectivity index (χ4v) is 5.39. The van der Waals surface area contributed by atoms with E-state index < -0.39 is 11.6 Å². The summed E-state index contributed by atoms with van der Waals surface area (Å²) in [6.45, 7) is 1.80. The molecule has 3 aromatic rings. The molecule has 5 rings (SSSR count). The second kappa shape index (κ2) is 10.1. The van der Waals surface area contributed by atoms with Gasteiger partial charge in [0.1, 0.15) is 11.7 Å². The minimum Gasteiger partial charge on any atom is -0.464 e. The number of aliphatic imine (C=N–C) groups is 1. The van der Waals surface area contributed by atoms with Gasteiger partial charge in [-0.1, -0.05) is 49.2 Å². The van der Waals surface area contributed by atoms with Crippen molar-refractivity contribution in [1.29, 1.82) is 0 Å². The van der Waals surface area contributed by atoms with E-state index in [0.29, 0.717) is 44.0 Å². The number of carbonyl (C=O) groups excluding carboxylic acids is 1. The number of piperidine rings is 1. The zero-order valence-corrected chi connectivity index (χ0v) is 19.9. The van der Waals surface area contributed by atoms with Gasteiger partial charge in [-0.15, -0.1) is 0 Å². The number of furan rings is 1. The SMILES string of the molecule is NC(=NCc1ccc2occc2c1)N1CCC(OC(=O)[C@](O)(c2ccccc2)C2CCCC2)CC1. The third-order valence-electron chi connectivity index (χ3n) is 7.45. The number of hydrogen-bond acceptors (Lipinski definition) is 5. The summed E-state index contributed by atoms with van der Waals surface area (Å²) in [5, 5.41) is 12.7. The number of aliphatic hydroxyl groups is 1. The monoisotopic (exact) mass is 475 g/mol. The summed E-state index contributed by atoms with van der Waals surface area (Å²) in [6, 6.07) is 17.2. The van der Waals surface area contributed by atoms with Crippen LogP contribution in [-0.2, 0) is 21.7 Å². The topological polar surface area (TPSA) is 101 Å². The van der Waals surface area contributed by atoms with Gasteiger partial charge in [0.25, 0.3) is 0 Å². The van der Waals surface area contributed by atoms with Crippen molar-refractivity contribution in [2.24, 2.45) is 16.6 Å². The molecule has 1 aromatic heterocycles. The van der Waals surface area contributed by atoms with Crippen molar-refractivity contribution in [2.75, 3.05) is 13.1 Å². The first-order chi connectivity index (χ1) is 17.0. The summed E-state index contributed by atoms with van der Waals surface area (Å²) < 4.78 is 11.3. The van der Waals surface area contributed by atoms with E-state index in [2.05, 4.69) is 11.1 Å². The van der Waals surface area contributed by atoms with Crippen molar-refractivity contribution in [3.63, 3.8) is 0 Å². The normalized spacial score (nSPS) is 19.7. The maximum atomic E-state index is 13.3. The minimum absolute atomic E-state index is 0.110. The van der Waals surface area contributed by atoms with Gasteiger partial charge in [0.2, 0.25) is 0 Å². The summed E-state index contributed by atoms with van der Waals surface area (Å²) in [5.74, 6) is -0.138. The van der Waals surface area contributed by atoms with Gasteiger partial charge in [0, 0.05) is 37.2 Å². The lowest BCUT2D eigenvalue weighted by Gasteiger charge is -2.36. The zero-order chi connectivity index (χ0) is 24.3. The minimum atomic E-state index is -1.59. The number of rotatable bonds is 6. The van der Waals surface area contributed by atoms with Crippen LogP contribution in [-0.4, -0.2) is 41.1 Å². The summed E-state index contributed by atoms with van der Waals surface area (Å²) in [7, 11) is 0. The van der Waals surface area contributed by atoms with Crippen molar-refractivity contribution in [3.05, 3.63) is 72.0 Å². The third-order valence-corrected chi connectivity index (χ3v) is 7.45. The first kappa shape index (κ1) is 23.4. The van der Waals surface area contributed by atoms with Gasteiger partial charge in [-0.05, 0) is 42.2 Å². The number of hydrogen-bond donors (Lipinski definition) is 2. The van der Waals surface area contributed by atoms with E-state index in [4.69, 9.17) is 14.9 Å². The van der Waals surface area contributed by atoms with E-state index in [1.54, 1.807) is 6.26 Å². The number of nitrogens with zero attached hydrogens (tertiary/aromatic N) is 2. The number of fused-ring (bicyclic) bond motifs is 1. The number of carbonyl (C=O) groups is 1. The molecule has 2 heterocycles. The van der Waals surface area contributed by atoms with E-state index in [-0.39, 0.29) is 12.0 Å². The first-order valence-electron chi connectivity index (χ1n) is 12.5. The Bertz CT molecular complexity index is 1180. The van der Waals surface area contributed by atoms with E-state index in [0.717, 1.165) is 42.2 Å². The Morgan fingerprint density at radius 1 is 1.09 bits per heavy atom. The molecule has 7 heteroatoms. The predicted octanol–water partition coefficient (Wildman–Crippen LogP) is 4.33. The summed E-state index contributed by atoms with van der Waals surface area (Å²) in [4.78, 5) is 19.9. The fraction of sp³-hybridized carbons (Fsp3) is 0.429. The molecule has 1 saturated carbocycles. The largest absolute Gasteiger partial charge is 0.464 e. The molecule has 1 aliphatic heterocycles. The first-order valence-corrected chi connectivity index (χ1v) is 12.5. The Hall–Kier alpha value is -3.32. The molecule has 0 radical (unpaired) electrons. The standard InChI is InChI=1S/C28H33N3O4/c29-27(30-19-20-10-11-25-21(18-20)14-17-34-25)31-15-12-24(13-16-31)35-26(32)28(33,23-8-4-5-9-23)22-6-2-1-3-7-22/h1-3,6-7,10-11,14,17-18,23-24,33H,4-5,8-9,12-13,15-16,19H2,(H2,29,30)/t28-/m0/s1. The summed E-state index contributed by atoms with van der Waals surface area (Å²) >= 11 is 0. The highest BCUT2D eigenvalue weighted by molar-refractivity contribution is 5.82. The lowest BCUT2D eigenvalue weighted by molar-refractivity contribution is -0.181. The van der Waals surface area contributed by atoms with Gasteiger partial charge in [-0.2, -0.15) is 0 Å². The molecule has 0 amide bonds. The highest BCUT2D eigenvalue weighted by atomic mass is 16.6. The highest BCUT2D eigenvalue weighted by Gasteiger charge is 2.48. The van der Waals surface area contributed by atoms with Gasteiger partial charge >= 0.3 is 5.97 Å². The van der Waals surface area contributed by atoms with Crippen molar-refractivity contribution in [3.8, 4) is 0 Å². The number of esters is 1. The number of benzene rings is 2. The summed E-state index contributed by atoms with van der Waals surface area (Å²) in [5.41, 5.74) is 7.23. The van der Waals surface area contributed by atoms with Crippen LogP contribution in [0, 0.1) is 5.92 Å². The molecular weight excluding hydrogens is 442 g/mol. The average Bonchev–Trinajstić information content (AvgIpc) is 3.60. The number of likely N-dealkylation sites (tertiary alicyclic amines) is 1. The lowest BCUT2D eigenvalue weighted by atomic mass is 9.80. The van der Waals surface area contributed by atoms with Gasteiger partial charge in [-0.3, -0.25) is 0 Å². The van der Waals surface area contributed by atoms with Crippen LogP contribution in [0.1, 0.15) is 49.7 Å². The van der Waals surface area contributed by atoms with E-state index in [9.17, 15) is 9.90 Å². The van der Waals surface area contributed by atoms with Gasteiger partial charge < -0.3 is 24.9 Å². The van der Waals surface area contributed by atoms with Crippen LogP contribution in [0.2, 0.25) is 0 Å². The van der Waals surface area contributed by atoms with Crippen LogP contribution in [0.25, 0.3) is 11.0 Å². The molecule has 35 heavy (non-hydrogen) atoms. The molecule has 7 nitrogen and oxygen atoms in total. The van der Waals surface area contributed by atoms with Crippen LogP contribution >= 0.6 is 0 Å². The van der Waals surface area contributed by atoms with Crippen LogP contribution in [0.3, 0.4) is 0 Å². The van der Waals surface area contributed by atoms with Crippen molar-refractivity contribution in [2.45, 2.75) is 56.8 Å². The number of ether oxygens (including phenoxy) is 1. The summed E-state index contributed by atoms with van der Waals surface area (Å²) in [6.07, 6.45) is 6.46. The second-order valence-corrected chi connectivity index (χ2v) is 9.67. The quantitative estimate of drug-likeness (QED) is 0.313. The van der Waals surface area contributed by atoms with Crippen LogP contribution in [0.15, 0.2) is 70.3 Å². The Morgan fingerprint density at radius 2 is 1.83 bits per heavy atom. The molecular formula is C28H33N3O4. The van der Waals surface area contributed by atoms with Crippen molar-refractivity contribution >= 4 is 22.9 Å². The number of nitrogens with two attached hydrogens (primary N) is 1. The Kier molecular flexibility index (Phi) is 6.77. The predicted molar refractivity (Wildman–Crippen MR) is 135 cm³/mol. The molecule has 0 unspecified atom stereocenters. The molecule has 1 saturated heterocycles. The smallest absolute Gasteiger partial charge is 0.343 e. The van der Waals surface area contributed by atoms with Crippen LogP contribution < -0.4 is 5.73 Å². The third kappa shape index (κ3) is 4.91. The van der Waals surface area contributed by atoms with Gasteiger partial charge in [0.05, 0.1) is 12.8 Å². The zero-order valence-electron chi connectivity index (χ0n) is 19.9. The average molecular weight is 476 g/mol. The van der Waals surface area contributed by atoms with E-state index >= 15 is 0 Å². The van der Waals surface area contributed by atoms with E-state index in [1.165, 1.54) is 0 Å². The fourth-order valence-electron chi connectivity index (χ4n) is 5.39. The molecule has 0 spiro atoms. The molecule has 2 fully saturated rings. The molecule has 0 bridgehead atoms. The Balaban J connectivity index is 1.18. The highest BCUT2D eigenvalue weighted by Crippen LogP contribution is 2.42. The van der Waals surface area contributed by atoms with Crippen LogP contribution in [0.5, 0.6) is 0 Å². The van der Waals surface area contributed by atoms with Crippen molar-refractivity contribution in [1.82, 2.24) is 4.90 Å². The van der Waals surface area contributed by atoms with Gasteiger partial charge in [-0.25, -0.2) is 9.79 Å². The molecule has 1 aliphatic carbocycles. The lowest BCUT2D eigenvalue weighted by Crippen LogP contribution is -2.48. The Morgan fingerprint density at radius 3 is 2.57 bits per heavy atom. The number of guanidine groups is 1. The molecule has 2 aromatic carbocycles. The maximum absolute atomic E-state index is 13.3. The molecule has 184 valence electrons.